The average Bonchev–Trinajstić information content (AvgIpc) is 2.58. The third kappa shape index (κ3) is 4.38. The molecule has 0 bridgehead atoms. The zero-order valence-corrected chi connectivity index (χ0v) is 16.0. The predicted octanol–water partition coefficient (Wildman–Crippen LogP) is 2.33. The molecule has 0 saturated carbocycles. The molecule has 3 rings (SSSR count). The Bertz CT molecular complexity index is 774. The van der Waals surface area contributed by atoms with Gasteiger partial charge in [0.25, 0.3) is 0 Å². The summed E-state index contributed by atoms with van der Waals surface area (Å²) in [5.74, 6) is 0.711. The maximum absolute atomic E-state index is 12.4. The summed E-state index contributed by atoms with van der Waals surface area (Å²) in [5, 5.41) is 2.99. The minimum Gasteiger partial charge on any atom is -0.338 e. The lowest BCUT2D eigenvalue weighted by atomic mass is 10.1. The molecule has 0 radical (unpaired) electrons. The minimum atomic E-state index is -0.0438. The zero-order valence-electron chi connectivity index (χ0n) is 16.0. The van der Waals surface area contributed by atoms with Crippen LogP contribution in [0.5, 0.6) is 0 Å². The van der Waals surface area contributed by atoms with Crippen LogP contribution in [0.1, 0.15) is 22.5 Å². The van der Waals surface area contributed by atoms with Crippen LogP contribution in [0.3, 0.4) is 0 Å². The van der Waals surface area contributed by atoms with Crippen molar-refractivity contribution in [2.45, 2.75) is 27.2 Å². The first kappa shape index (κ1) is 18.3. The van der Waals surface area contributed by atoms with E-state index >= 15 is 0 Å². The van der Waals surface area contributed by atoms with E-state index < -0.39 is 0 Å². The lowest BCUT2D eigenvalue weighted by molar-refractivity contribution is -0.115. The number of likely N-dealkylation sites (N-methyl/N-ethyl adjacent to an activating group) is 1. The van der Waals surface area contributed by atoms with Gasteiger partial charge in [-0.05, 0) is 33.4 Å². The first-order chi connectivity index (χ1) is 12.4. The maximum Gasteiger partial charge on any atom is 0.228 e. The molecule has 6 nitrogen and oxygen atoms in total. The summed E-state index contributed by atoms with van der Waals surface area (Å²) in [6, 6.07) is 8.01. The van der Waals surface area contributed by atoms with Crippen LogP contribution in [0, 0.1) is 20.8 Å². The third-order valence-electron chi connectivity index (χ3n) is 4.76. The van der Waals surface area contributed by atoms with Crippen molar-refractivity contribution in [2.75, 3.05) is 43.4 Å². The number of hydrogen-bond acceptors (Lipinski definition) is 5. The van der Waals surface area contributed by atoms with Gasteiger partial charge in [0.2, 0.25) is 11.9 Å². The van der Waals surface area contributed by atoms with Crippen molar-refractivity contribution in [3.63, 3.8) is 0 Å². The topological polar surface area (TPSA) is 61.4 Å². The van der Waals surface area contributed by atoms with E-state index in [0.717, 1.165) is 60.3 Å². The van der Waals surface area contributed by atoms with Crippen molar-refractivity contribution >= 4 is 17.5 Å². The predicted molar refractivity (Wildman–Crippen MR) is 105 cm³/mol. The Morgan fingerprint density at radius 2 is 1.73 bits per heavy atom. The second kappa shape index (κ2) is 7.83. The Balaban J connectivity index is 1.71. The molecule has 0 unspecified atom stereocenters. The number of aryl methyl sites for hydroxylation is 3. The molecule has 1 aliphatic heterocycles. The molecule has 138 valence electrons. The SMILES string of the molecule is Cc1cccc(CC(=O)Nc2c(C)nc(N3CCN(C)CC3)nc2C)c1. The number of piperazine rings is 1. The maximum atomic E-state index is 12.4. The second-order valence-corrected chi connectivity index (χ2v) is 7.07. The molecule has 1 aromatic carbocycles. The molecule has 1 aliphatic rings. The monoisotopic (exact) mass is 353 g/mol. The Labute approximate surface area is 155 Å². The van der Waals surface area contributed by atoms with Gasteiger partial charge < -0.3 is 15.1 Å². The van der Waals surface area contributed by atoms with Gasteiger partial charge in [0.1, 0.15) is 0 Å². The lowest BCUT2D eigenvalue weighted by Gasteiger charge is -2.32. The summed E-state index contributed by atoms with van der Waals surface area (Å²) in [7, 11) is 2.13. The fraction of sp³-hybridized carbons (Fsp3) is 0.450. The highest BCUT2D eigenvalue weighted by Gasteiger charge is 2.19. The quantitative estimate of drug-likeness (QED) is 0.914. The number of carbonyl (C=O) groups excluding carboxylic acids is 1. The molecule has 0 spiro atoms. The van der Waals surface area contributed by atoms with Crippen molar-refractivity contribution in [3.8, 4) is 0 Å². The standard InChI is InChI=1S/C20H27N5O/c1-14-6-5-7-17(12-14)13-18(26)23-19-15(2)21-20(22-16(19)3)25-10-8-24(4)9-11-25/h5-7,12H,8-11,13H2,1-4H3,(H,23,26). The van der Waals surface area contributed by atoms with E-state index in [0.29, 0.717) is 6.42 Å². The molecule has 2 heterocycles. The van der Waals surface area contributed by atoms with Crippen LogP contribution in [0.25, 0.3) is 0 Å². The van der Waals surface area contributed by atoms with Crippen LogP contribution in [0.15, 0.2) is 24.3 Å². The van der Waals surface area contributed by atoms with Gasteiger partial charge in [-0.15, -0.1) is 0 Å². The van der Waals surface area contributed by atoms with Crippen LogP contribution in [-0.4, -0.2) is 54.0 Å². The van der Waals surface area contributed by atoms with Crippen LogP contribution < -0.4 is 10.2 Å². The Morgan fingerprint density at radius 3 is 2.35 bits per heavy atom. The zero-order chi connectivity index (χ0) is 18.7. The van der Waals surface area contributed by atoms with E-state index in [4.69, 9.17) is 0 Å². The fourth-order valence-corrected chi connectivity index (χ4v) is 3.22. The van der Waals surface area contributed by atoms with E-state index in [-0.39, 0.29) is 5.91 Å². The highest BCUT2D eigenvalue weighted by atomic mass is 16.1. The number of amides is 1. The van der Waals surface area contributed by atoms with Crippen molar-refractivity contribution in [3.05, 3.63) is 46.8 Å². The minimum absolute atomic E-state index is 0.0438. The highest BCUT2D eigenvalue weighted by Crippen LogP contribution is 2.21. The highest BCUT2D eigenvalue weighted by molar-refractivity contribution is 5.93. The number of carbonyl (C=O) groups is 1. The van der Waals surface area contributed by atoms with Crippen LogP contribution in [0.4, 0.5) is 11.6 Å². The van der Waals surface area contributed by atoms with E-state index in [9.17, 15) is 4.79 Å². The Kier molecular flexibility index (Phi) is 5.52. The molecule has 1 fully saturated rings. The van der Waals surface area contributed by atoms with E-state index in [2.05, 4.69) is 32.1 Å². The van der Waals surface area contributed by atoms with Gasteiger partial charge in [-0.25, -0.2) is 9.97 Å². The molecule has 0 aliphatic carbocycles. The number of benzene rings is 1. The van der Waals surface area contributed by atoms with Gasteiger partial charge in [0.05, 0.1) is 23.5 Å². The Morgan fingerprint density at radius 1 is 1.08 bits per heavy atom. The van der Waals surface area contributed by atoms with E-state index in [1.165, 1.54) is 0 Å². The number of nitrogens with zero attached hydrogens (tertiary/aromatic N) is 4. The molecule has 1 aromatic heterocycles. The summed E-state index contributed by atoms with van der Waals surface area (Å²) >= 11 is 0. The summed E-state index contributed by atoms with van der Waals surface area (Å²) in [5.41, 5.74) is 4.50. The summed E-state index contributed by atoms with van der Waals surface area (Å²) in [4.78, 5) is 26.2. The molecule has 2 aromatic rings. The molecular weight excluding hydrogens is 326 g/mol. The largest absolute Gasteiger partial charge is 0.338 e. The van der Waals surface area contributed by atoms with Crippen molar-refractivity contribution in [2.24, 2.45) is 0 Å². The summed E-state index contributed by atoms with van der Waals surface area (Å²) < 4.78 is 0. The Hall–Kier alpha value is -2.47. The molecular formula is C20H27N5O. The number of anilines is 2. The van der Waals surface area contributed by atoms with Crippen LogP contribution >= 0.6 is 0 Å². The lowest BCUT2D eigenvalue weighted by Crippen LogP contribution is -2.45. The first-order valence-corrected chi connectivity index (χ1v) is 9.06. The molecule has 1 amide bonds. The average molecular weight is 353 g/mol. The fourth-order valence-electron chi connectivity index (χ4n) is 3.22. The molecule has 0 atom stereocenters. The number of aromatic nitrogens is 2. The smallest absolute Gasteiger partial charge is 0.228 e. The molecule has 1 N–H and O–H groups in total. The summed E-state index contributed by atoms with van der Waals surface area (Å²) in [6.45, 7) is 9.75. The first-order valence-electron chi connectivity index (χ1n) is 9.06. The van der Waals surface area contributed by atoms with E-state index in [1.807, 2.05) is 45.0 Å². The second-order valence-electron chi connectivity index (χ2n) is 7.07. The molecule has 26 heavy (non-hydrogen) atoms. The van der Waals surface area contributed by atoms with Crippen molar-refractivity contribution in [1.29, 1.82) is 0 Å². The third-order valence-corrected chi connectivity index (χ3v) is 4.76. The number of nitrogens with one attached hydrogen (secondary N) is 1. The normalized spacial score (nSPS) is 15.2. The van der Waals surface area contributed by atoms with Crippen molar-refractivity contribution in [1.82, 2.24) is 14.9 Å². The van der Waals surface area contributed by atoms with Gasteiger partial charge in [-0.3, -0.25) is 4.79 Å². The van der Waals surface area contributed by atoms with E-state index in [1.54, 1.807) is 0 Å². The number of rotatable bonds is 4. The van der Waals surface area contributed by atoms with Crippen LogP contribution in [0.2, 0.25) is 0 Å². The number of hydrogen-bond donors (Lipinski definition) is 1. The van der Waals surface area contributed by atoms with Gasteiger partial charge in [-0.1, -0.05) is 29.8 Å². The summed E-state index contributed by atoms with van der Waals surface area (Å²) in [6.07, 6.45) is 0.348. The van der Waals surface area contributed by atoms with Gasteiger partial charge >= 0.3 is 0 Å². The van der Waals surface area contributed by atoms with Gasteiger partial charge in [0, 0.05) is 26.2 Å². The van der Waals surface area contributed by atoms with Gasteiger partial charge in [0.15, 0.2) is 0 Å². The molecule has 1 saturated heterocycles. The van der Waals surface area contributed by atoms with Crippen molar-refractivity contribution < 1.29 is 4.79 Å². The van der Waals surface area contributed by atoms with Crippen LogP contribution in [-0.2, 0) is 11.2 Å². The van der Waals surface area contributed by atoms with Gasteiger partial charge in [-0.2, -0.15) is 0 Å². The molecule has 6 heteroatoms.